The summed E-state index contributed by atoms with van der Waals surface area (Å²) in [4.78, 5) is 14.4. The average molecular weight is 277 g/mol. The summed E-state index contributed by atoms with van der Waals surface area (Å²) in [5, 5.41) is 10.2. The Kier molecular flexibility index (Phi) is 5.75. The zero-order valence-corrected chi connectivity index (χ0v) is 13.1. The molecule has 0 aromatic rings. The maximum Gasteiger partial charge on any atom is 0.228 e. The first-order chi connectivity index (χ1) is 9.35. The second-order valence-corrected chi connectivity index (χ2v) is 6.00. The monoisotopic (exact) mass is 277 g/mol. The van der Waals surface area contributed by atoms with E-state index in [1.807, 2.05) is 52.0 Å². The molecule has 20 heavy (non-hydrogen) atoms. The van der Waals surface area contributed by atoms with Crippen molar-refractivity contribution in [2.45, 2.75) is 52.7 Å². The lowest BCUT2D eigenvalue weighted by molar-refractivity contribution is -0.141. The van der Waals surface area contributed by atoms with Crippen LogP contribution in [-0.2, 0) is 4.79 Å². The summed E-state index contributed by atoms with van der Waals surface area (Å²) in [5.74, 6) is 0.0992. The minimum atomic E-state index is -0.519. The molecule has 3 heteroatoms. The molecule has 1 saturated heterocycles. The molecule has 112 valence electrons. The van der Waals surface area contributed by atoms with Gasteiger partial charge in [0.2, 0.25) is 5.91 Å². The normalized spacial score (nSPS) is 23.9. The Balaban J connectivity index is 2.91. The van der Waals surface area contributed by atoms with Gasteiger partial charge < -0.3 is 10.0 Å². The maximum absolute atomic E-state index is 12.6. The Hall–Kier alpha value is -1.35. The van der Waals surface area contributed by atoms with Gasteiger partial charge in [-0.1, -0.05) is 51.7 Å². The molecule has 2 atom stereocenters. The van der Waals surface area contributed by atoms with E-state index >= 15 is 0 Å². The van der Waals surface area contributed by atoms with Gasteiger partial charge in [0, 0.05) is 12.0 Å². The van der Waals surface area contributed by atoms with Gasteiger partial charge in [-0.25, -0.2) is 0 Å². The second-order valence-electron chi connectivity index (χ2n) is 6.00. The molecule has 1 heterocycles. The largest absolute Gasteiger partial charge is 0.391 e. The number of aliphatic hydroxyl groups excluding tert-OH is 1. The number of carbonyl (C=O) groups excluding carboxylic acids is 1. The molecule has 1 aliphatic rings. The molecule has 0 saturated carbocycles. The molecule has 0 aromatic heterocycles. The molecule has 0 spiro atoms. The van der Waals surface area contributed by atoms with Gasteiger partial charge in [-0.2, -0.15) is 0 Å². The van der Waals surface area contributed by atoms with Crippen molar-refractivity contribution in [1.29, 1.82) is 0 Å². The third-order valence-corrected chi connectivity index (χ3v) is 4.08. The highest BCUT2D eigenvalue weighted by Crippen LogP contribution is 2.31. The molecule has 0 aromatic carbocycles. The smallest absolute Gasteiger partial charge is 0.228 e. The van der Waals surface area contributed by atoms with Crippen LogP contribution >= 0.6 is 0 Å². The lowest BCUT2D eigenvalue weighted by Gasteiger charge is -2.33. The van der Waals surface area contributed by atoms with Crippen LogP contribution in [0.2, 0.25) is 0 Å². The van der Waals surface area contributed by atoms with E-state index in [1.54, 1.807) is 4.90 Å². The van der Waals surface area contributed by atoms with Crippen LogP contribution in [0.1, 0.15) is 40.5 Å². The van der Waals surface area contributed by atoms with Gasteiger partial charge >= 0.3 is 0 Å². The highest BCUT2D eigenvalue weighted by atomic mass is 16.3. The first-order valence-electron chi connectivity index (χ1n) is 7.32. The van der Waals surface area contributed by atoms with Gasteiger partial charge in [-0.15, -0.1) is 0 Å². The van der Waals surface area contributed by atoms with E-state index in [4.69, 9.17) is 0 Å². The summed E-state index contributed by atoms with van der Waals surface area (Å²) in [6, 6.07) is -0.296. The third-order valence-electron chi connectivity index (χ3n) is 4.08. The fourth-order valence-electron chi connectivity index (χ4n) is 2.38. The van der Waals surface area contributed by atoms with Crippen LogP contribution < -0.4 is 0 Å². The summed E-state index contributed by atoms with van der Waals surface area (Å²) < 4.78 is 0. The molecule has 1 fully saturated rings. The lowest BCUT2D eigenvalue weighted by atomic mass is 9.88. The number of nitrogens with zero attached hydrogens (tertiary/aromatic N) is 1. The van der Waals surface area contributed by atoms with E-state index in [0.29, 0.717) is 13.0 Å². The Morgan fingerprint density at radius 3 is 2.65 bits per heavy atom. The molecule has 0 bridgehead atoms. The number of hydrogen-bond donors (Lipinski definition) is 1. The average Bonchev–Trinajstić information content (AvgIpc) is 2.79. The van der Waals surface area contributed by atoms with Gasteiger partial charge in [-0.3, -0.25) is 4.79 Å². The SMILES string of the molecule is C=C(/C=C\C=C/C)[C@@H]1[C@@H](O)CCN1C(=O)C(C)(C)CC. The van der Waals surface area contributed by atoms with Crippen LogP contribution in [0.4, 0.5) is 0 Å². The predicted molar refractivity (Wildman–Crippen MR) is 83.3 cm³/mol. The molecule has 1 N–H and O–H groups in total. The highest BCUT2D eigenvalue weighted by molar-refractivity contribution is 5.83. The van der Waals surface area contributed by atoms with E-state index in [2.05, 4.69) is 6.58 Å². The van der Waals surface area contributed by atoms with Crippen molar-refractivity contribution in [1.82, 2.24) is 4.90 Å². The number of hydrogen-bond acceptors (Lipinski definition) is 2. The van der Waals surface area contributed by atoms with Gasteiger partial charge in [0.05, 0.1) is 12.1 Å². The number of aliphatic hydroxyl groups is 1. The van der Waals surface area contributed by atoms with Crippen LogP contribution in [0, 0.1) is 5.41 Å². The molecule has 1 amide bonds. The zero-order valence-electron chi connectivity index (χ0n) is 13.1. The van der Waals surface area contributed by atoms with Crippen molar-refractivity contribution in [2.24, 2.45) is 5.41 Å². The van der Waals surface area contributed by atoms with E-state index in [1.165, 1.54) is 0 Å². The maximum atomic E-state index is 12.6. The number of rotatable bonds is 5. The Labute approximate surface area is 122 Å². The molecule has 3 nitrogen and oxygen atoms in total. The number of allylic oxidation sites excluding steroid dienone is 3. The van der Waals surface area contributed by atoms with Crippen LogP contribution in [0.25, 0.3) is 0 Å². The minimum absolute atomic E-state index is 0.0992. The third kappa shape index (κ3) is 3.60. The van der Waals surface area contributed by atoms with E-state index in [9.17, 15) is 9.90 Å². The summed E-state index contributed by atoms with van der Waals surface area (Å²) >= 11 is 0. The highest BCUT2D eigenvalue weighted by Gasteiger charge is 2.41. The van der Waals surface area contributed by atoms with Crippen molar-refractivity contribution in [3.8, 4) is 0 Å². The Morgan fingerprint density at radius 1 is 1.45 bits per heavy atom. The van der Waals surface area contributed by atoms with Gasteiger partial charge in [0.1, 0.15) is 0 Å². The second kappa shape index (κ2) is 6.89. The lowest BCUT2D eigenvalue weighted by Crippen LogP contribution is -2.46. The summed E-state index contributed by atoms with van der Waals surface area (Å²) in [5.41, 5.74) is 0.392. The topological polar surface area (TPSA) is 40.5 Å². The van der Waals surface area contributed by atoms with Crippen molar-refractivity contribution in [2.75, 3.05) is 6.54 Å². The van der Waals surface area contributed by atoms with E-state index in [0.717, 1.165) is 12.0 Å². The standard InChI is InChI=1S/C17H27NO2/c1-6-8-9-10-13(3)15-14(19)11-12-18(15)16(20)17(4,5)7-2/h6,8-10,14-15,19H,3,7,11-12H2,1-2,4-5H3/b8-6-,10-9-/t14-,15+/m0/s1. The molecule has 1 rings (SSSR count). The van der Waals surface area contributed by atoms with Crippen LogP contribution in [0.5, 0.6) is 0 Å². The summed E-state index contributed by atoms with van der Waals surface area (Å²) in [6.45, 7) is 12.5. The van der Waals surface area contributed by atoms with Gasteiger partial charge in [0.15, 0.2) is 0 Å². The van der Waals surface area contributed by atoms with Gasteiger partial charge in [0.25, 0.3) is 0 Å². The molecule has 1 aliphatic heterocycles. The summed E-state index contributed by atoms with van der Waals surface area (Å²) in [6.07, 6.45) is 8.49. The molecule has 0 aliphatic carbocycles. The Morgan fingerprint density at radius 2 is 2.10 bits per heavy atom. The van der Waals surface area contributed by atoms with Crippen LogP contribution in [0.3, 0.4) is 0 Å². The van der Waals surface area contributed by atoms with Crippen molar-refractivity contribution < 1.29 is 9.90 Å². The fourth-order valence-corrected chi connectivity index (χ4v) is 2.38. The first kappa shape index (κ1) is 16.7. The van der Waals surface area contributed by atoms with Crippen LogP contribution in [0.15, 0.2) is 36.5 Å². The predicted octanol–water partition coefficient (Wildman–Crippen LogP) is 3.07. The van der Waals surface area contributed by atoms with Gasteiger partial charge in [-0.05, 0) is 25.3 Å². The van der Waals surface area contributed by atoms with Crippen molar-refractivity contribution in [3.63, 3.8) is 0 Å². The summed E-state index contributed by atoms with van der Waals surface area (Å²) in [7, 11) is 0. The first-order valence-corrected chi connectivity index (χ1v) is 7.32. The number of amides is 1. The van der Waals surface area contributed by atoms with Crippen LogP contribution in [-0.4, -0.2) is 34.6 Å². The number of carbonyl (C=O) groups is 1. The zero-order chi connectivity index (χ0) is 15.3. The molecular weight excluding hydrogens is 250 g/mol. The van der Waals surface area contributed by atoms with Crippen molar-refractivity contribution in [3.05, 3.63) is 36.5 Å². The quantitative estimate of drug-likeness (QED) is 0.785. The number of likely N-dealkylation sites (tertiary alicyclic amines) is 1. The Bertz CT molecular complexity index is 421. The molecule has 0 radical (unpaired) electrons. The minimum Gasteiger partial charge on any atom is -0.391 e. The fraction of sp³-hybridized carbons (Fsp3) is 0.588. The molecular formula is C17H27NO2. The van der Waals surface area contributed by atoms with Crippen molar-refractivity contribution >= 4 is 5.91 Å². The van der Waals surface area contributed by atoms with E-state index in [-0.39, 0.29) is 11.9 Å². The van der Waals surface area contributed by atoms with E-state index < -0.39 is 11.5 Å². The molecule has 0 unspecified atom stereocenters.